The van der Waals surface area contributed by atoms with Crippen LogP contribution in [0.3, 0.4) is 0 Å². The van der Waals surface area contributed by atoms with Crippen molar-refractivity contribution in [3.63, 3.8) is 0 Å². The average Bonchev–Trinajstić information content (AvgIpc) is 2.69. The maximum Gasteiger partial charge on any atom is 0.262 e. The van der Waals surface area contributed by atoms with Crippen molar-refractivity contribution < 1.29 is 14.3 Å². The van der Waals surface area contributed by atoms with Crippen molar-refractivity contribution in [2.75, 3.05) is 17.2 Å². The summed E-state index contributed by atoms with van der Waals surface area (Å²) in [5, 5.41) is 5.58. The van der Waals surface area contributed by atoms with E-state index in [9.17, 15) is 9.59 Å². The lowest BCUT2D eigenvalue weighted by Gasteiger charge is -2.12. The van der Waals surface area contributed by atoms with Gasteiger partial charge in [0.1, 0.15) is 5.75 Å². The van der Waals surface area contributed by atoms with E-state index in [-0.39, 0.29) is 18.4 Å². The van der Waals surface area contributed by atoms with Crippen LogP contribution in [0.5, 0.6) is 5.75 Å². The Morgan fingerprint density at radius 2 is 1.41 bits per heavy atom. The summed E-state index contributed by atoms with van der Waals surface area (Å²) in [4.78, 5) is 24.6. The molecule has 0 saturated heterocycles. The largest absolute Gasteiger partial charge is 0.483 e. The molecule has 0 bridgehead atoms. The molecule has 0 aliphatic heterocycles. The standard InChI is InChI=1S/C22H20N2O3/c1-16-11-13-18(14-12-16)23-21(25)15-27-20-10-6-5-9-19(20)22(26)24-17-7-3-2-4-8-17/h2-14H,15H2,1H3,(H,23,25)(H,24,26). The van der Waals surface area contributed by atoms with E-state index in [0.29, 0.717) is 22.7 Å². The molecule has 0 heterocycles. The first kappa shape index (κ1) is 18.2. The molecule has 27 heavy (non-hydrogen) atoms. The predicted molar refractivity (Wildman–Crippen MR) is 106 cm³/mol. The third-order valence-electron chi connectivity index (χ3n) is 3.86. The molecule has 0 aromatic heterocycles. The number of hydrogen-bond donors (Lipinski definition) is 2. The second kappa shape index (κ2) is 8.67. The van der Waals surface area contributed by atoms with Crippen LogP contribution in [0.15, 0.2) is 78.9 Å². The Morgan fingerprint density at radius 1 is 0.778 bits per heavy atom. The van der Waals surface area contributed by atoms with Gasteiger partial charge < -0.3 is 15.4 Å². The van der Waals surface area contributed by atoms with Gasteiger partial charge in [-0.25, -0.2) is 0 Å². The summed E-state index contributed by atoms with van der Waals surface area (Å²) in [5.74, 6) is -0.238. The SMILES string of the molecule is Cc1ccc(NC(=O)COc2ccccc2C(=O)Nc2ccccc2)cc1. The summed E-state index contributed by atoms with van der Waals surface area (Å²) in [7, 11) is 0. The molecule has 0 atom stereocenters. The number of anilines is 2. The van der Waals surface area contributed by atoms with Gasteiger partial charge in [0.25, 0.3) is 11.8 Å². The Balaban J connectivity index is 1.62. The van der Waals surface area contributed by atoms with Gasteiger partial charge in [0.05, 0.1) is 5.56 Å². The van der Waals surface area contributed by atoms with Crippen LogP contribution in [0.4, 0.5) is 11.4 Å². The molecule has 3 aromatic rings. The molecule has 5 nitrogen and oxygen atoms in total. The highest BCUT2D eigenvalue weighted by Gasteiger charge is 2.13. The van der Waals surface area contributed by atoms with Crippen molar-refractivity contribution in [2.24, 2.45) is 0 Å². The van der Waals surface area contributed by atoms with E-state index in [0.717, 1.165) is 5.56 Å². The monoisotopic (exact) mass is 360 g/mol. The lowest BCUT2D eigenvalue weighted by Crippen LogP contribution is -2.21. The number of hydrogen-bond acceptors (Lipinski definition) is 3. The minimum absolute atomic E-state index is 0.191. The summed E-state index contributed by atoms with van der Waals surface area (Å²) in [6.07, 6.45) is 0. The fourth-order valence-corrected chi connectivity index (χ4v) is 2.48. The summed E-state index contributed by atoms with van der Waals surface area (Å²) in [6, 6.07) is 23.5. The minimum atomic E-state index is -0.296. The van der Waals surface area contributed by atoms with Crippen LogP contribution in [0.1, 0.15) is 15.9 Å². The topological polar surface area (TPSA) is 67.4 Å². The summed E-state index contributed by atoms with van der Waals surface area (Å²) in [5.41, 5.74) is 2.87. The smallest absolute Gasteiger partial charge is 0.262 e. The first-order chi connectivity index (χ1) is 13.1. The Morgan fingerprint density at radius 3 is 2.15 bits per heavy atom. The van der Waals surface area contributed by atoms with Gasteiger partial charge in [0.2, 0.25) is 0 Å². The van der Waals surface area contributed by atoms with Crippen molar-refractivity contribution >= 4 is 23.2 Å². The molecule has 3 rings (SSSR count). The lowest BCUT2D eigenvalue weighted by molar-refractivity contribution is -0.118. The van der Waals surface area contributed by atoms with Crippen LogP contribution in [0.25, 0.3) is 0 Å². The molecule has 2 N–H and O–H groups in total. The minimum Gasteiger partial charge on any atom is -0.483 e. The normalized spacial score (nSPS) is 10.1. The second-order valence-corrected chi connectivity index (χ2v) is 6.02. The second-order valence-electron chi connectivity index (χ2n) is 6.02. The molecule has 2 amide bonds. The van der Waals surface area contributed by atoms with Crippen molar-refractivity contribution in [1.29, 1.82) is 0 Å². The van der Waals surface area contributed by atoms with Gasteiger partial charge in [0.15, 0.2) is 6.61 Å². The zero-order valence-corrected chi connectivity index (χ0v) is 14.9. The molecule has 0 spiro atoms. The van der Waals surface area contributed by atoms with E-state index in [2.05, 4.69) is 10.6 Å². The molecule has 0 unspecified atom stereocenters. The van der Waals surface area contributed by atoms with Crippen LogP contribution < -0.4 is 15.4 Å². The van der Waals surface area contributed by atoms with Gasteiger partial charge in [-0.15, -0.1) is 0 Å². The molecule has 0 aliphatic carbocycles. The van der Waals surface area contributed by atoms with E-state index in [1.165, 1.54) is 0 Å². The molecule has 136 valence electrons. The maximum atomic E-state index is 12.5. The van der Waals surface area contributed by atoms with E-state index in [1.54, 1.807) is 36.4 Å². The van der Waals surface area contributed by atoms with Gasteiger partial charge in [-0.05, 0) is 43.3 Å². The first-order valence-electron chi connectivity index (χ1n) is 8.56. The Labute approximate surface area is 158 Å². The molecule has 0 fully saturated rings. The van der Waals surface area contributed by atoms with Gasteiger partial charge in [-0.1, -0.05) is 48.0 Å². The summed E-state index contributed by atoms with van der Waals surface area (Å²) in [6.45, 7) is 1.79. The fourth-order valence-electron chi connectivity index (χ4n) is 2.48. The molecule has 0 aliphatic rings. The van der Waals surface area contributed by atoms with Crippen LogP contribution in [-0.4, -0.2) is 18.4 Å². The zero-order valence-electron chi connectivity index (χ0n) is 14.9. The number of para-hydroxylation sites is 2. The van der Waals surface area contributed by atoms with Crippen molar-refractivity contribution in [3.05, 3.63) is 90.0 Å². The highest BCUT2D eigenvalue weighted by atomic mass is 16.5. The number of carbonyl (C=O) groups is 2. The van der Waals surface area contributed by atoms with Gasteiger partial charge in [0, 0.05) is 11.4 Å². The van der Waals surface area contributed by atoms with E-state index in [4.69, 9.17) is 4.74 Å². The third-order valence-corrected chi connectivity index (χ3v) is 3.86. The van der Waals surface area contributed by atoms with Crippen molar-refractivity contribution in [3.8, 4) is 5.75 Å². The number of nitrogens with one attached hydrogen (secondary N) is 2. The summed E-state index contributed by atoms with van der Waals surface area (Å²) < 4.78 is 5.58. The molecule has 0 saturated carbocycles. The third kappa shape index (κ3) is 5.19. The number of aryl methyl sites for hydroxylation is 1. The molecule has 5 heteroatoms. The number of carbonyl (C=O) groups excluding carboxylic acids is 2. The van der Waals surface area contributed by atoms with Crippen LogP contribution in [0, 0.1) is 6.92 Å². The Hall–Kier alpha value is -3.60. The molecule has 3 aromatic carbocycles. The van der Waals surface area contributed by atoms with Crippen LogP contribution >= 0.6 is 0 Å². The van der Waals surface area contributed by atoms with Crippen LogP contribution in [0.2, 0.25) is 0 Å². The number of ether oxygens (including phenoxy) is 1. The Bertz CT molecular complexity index is 922. The zero-order chi connectivity index (χ0) is 19.1. The highest BCUT2D eigenvalue weighted by Crippen LogP contribution is 2.20. The lowest BCUT2D eigenvalue weighted by atomic mass is 10.2. The Kier molecular flexibility index (Phi) is 5.84. The predicted octanol–water partition coefficient (Wildman–Crippen LogP) is 4.26. The number of rotatable bonds is 6. The maximum absolute atomic E-state index is 12.5. The van der Waals surface area contributed by atoms with Crippen LogP contribution in [-0.2, 0) is 4.79 Å². The summed E-state index contributed by atoms with van der Waals surface area (Å²) >= 11 is 0. The van der Waals surface area contributed by atoms with Gasteiger partial charge in [-0.2, -0.15) is 0 Å². The van der Waals surface area contributed by atoms with Crippen molar-refractivity contribution in [1.82, 2.24) is 0 Å². The van der Waals surface area contributed by atoms with Gasteiger partial charge in [-0.3, -0.25) is 9.59 Å². The number of benzene rings is 3. The fraction of sp³-hybridized carbons (Fsp3) is 0.0909. The number of amides is 2. The van der Waals surface area contributed by atoms with E-state index in [1.807, 2.05) is 49.4 Å². The highest BCUT2D eigenvalue weighted by molar-refractivity contribution is 6.06. The first-order valence-corrected chi connectivity index (χ1v) is 8.56. The van der Waals surface area contributed by atoms with E-state index >= 15 is 0 Å². The van der Waals surface area contributed by atoms with E-state index < -0.39 is 0 Å². The molecule has 0 radical (unpaired) electrons. The average molecular weight is 360 g/mol. The molecular formula is C22H20N2O3. The molecular weight excluding hydrogens is 340 g/mol. The quantitative estimate of drug-likeness (QED) is 0.690. The van der Waals surface area contributed by atoms with Gasteiger partial charge >= 0.3 is 0 Å². The van der Waals surface area contributed by atoms with Crippen molar-refractivity contribution in [2.45, 2.75) is 6.92 Å².